The molecule has 1 saturated heterocycles. The number of hydrogen-bond donors (Lipinski definition) is 2. The maximum Gasteiger partial charge on any atom is 0.328 e. The SMILES string of the molecule is CCc1ccc(-c2ccccc2COC2CCN(C)CC2)cc1.O=C(O)C=CC(=O)O. The van der Waals surface area contributed by atoms with Gasteiger partial charge in [-0.05, 0) is 48.6 Å². The van der Waals surface area contributed by atoms with Crippen molar-refractivity contribution in [2.24, 2.45) is 0 Å². The molecule has 1 aliphatic rings. The first kappa shape index (κ1) is 24.3. The fraction of sp³-hybridized carbons (Fsp3) is 0.360. The number of hydrogen-bond acceptors (Lipinski definition) is 4. The van der Waals surface area contributed by atoms with Crippen LogP contribution in [-0.2, 0) is 27.4 Å². The summed E-state index contributed by atoms with van der Waals surface area (Å²) in [6.45, 7) is 5.19. The summed E-state index contributed by atoms with van der Waals surface area (Å²) in [7, 11) is 2.19. The van der Waals surface area contributed by atoms with Gasteiger partial charge in [-0.3, -0.25) is 0 Å². The second-order valence-corrected chi connectivity index (χ2v) is 7.53. The normalized spacial score (nSPS) is 14.8. The van der Waals surface area contributed by atoms with Crippen LogP contribution in [-0.4, -0.2) is 53.3 Å². The molecule has 31 heavy (non-hydrogen) atoms. The van der Waals surface area contributed by atoms with Gasteiger partial charge in [0.2, 0.25) is 0 Å². The molecule has 2 aromatic rings. The van der Waals surface area contributed by atoms with E-state index in [0.29, 0.717) is 24.9 Å². The van der Waals surface area contributed by atoms with Gasteiger partial charge < -0.3 is 19.8 Å². The van der Waals surface area contributed by atoms with Crippen LogP contribution < -0.4 is 0 Å². The largest absolute Gasteiger partial charge is 0.478 e. The minimum atomic E-state index is -1.26. The lowest BCUT2D eigenvalue weighted by molar-refractivity contribution is -0.134. The Hall–Kier alpha value is -2.96. The predicted molar refractivity (Wildman–Crippen MR) is 121 cm³/mol. The number of likely N-dealkylation sites (tertiary alicyclic amines) is 1. The summed E-state index contributed by atoms with van der Waals surface area (Å²) in [5, 5.41) is 15.6. The molecule has 1 heterocycles. The van der Waals surface area contributed by atoms with Crippen LogP contribution in [0.3, 0.4) is 0 Å². The zero-order valence-corrected chi connectivity index (χ0v) is 18.2. The van der Waals surface area contributed by atoms with Crippen LogP contribution in [0.5, 0.6) is 0 Å². The highest BCUT2D eigenvalue weighted by Gasteiger charge is 2.17. The predicted octanol–water partition coefficient (Wildman–Crippen LogP) is 4.24. The first-order chi connectivity index (χ1) is 14.9. The molecular formula is C25H31NO5. The number of benzene rings is 2. The molecule has 0 atom stereocenters. The van der Waals surface area contributed by atoms with Crippen LogP contribution in [0.1, 0.15) is 30.9 Å². The third-order valence-electron chi connectivity index (χ3n) is 5.20. The molecule has 2 aromatic carbocycles. The average Bonchev–Trinajstić information content (AvgIpc) is 2.78. The quantitative estimate of drug-likeness (QED) is 0.646. The van der Waals surface area contributed by atoms with Gasteiger partial charge in [-0.25, -0.2) is 9.59 Å². The van der Waals surface area contributed by atoms with Crippen LogP contribution in [0.2, 0.25) is 0 Å². The summed E-state index contributed by atoms with van der Waals surface area (Å²) in [6.07, 6.45) is 4.89. The second-order valence-electron chi connectivity index (χ2n) is 7.53. The van der Waals surface area contributed by atoms with Gasteiger partial charge in [-0.15, -0.1) is 0 Å². The molecule has 6 nitrogen and oxygen atoms in total. The van der Waals surface area contributed by atoms with Crippen molar-refractivity contribution < 1.29 is 24.5 Å². The lowest BCUT2D eigenvalue weighted by Gasteiger charge is -2.29. The summed E-state index contributed by atoms with van der Waals surface area (Å²) in [6, 6.07) is 17.5. The van der Waals surface area contributed by atoms with Gasteiger partial charge in [0.1, 0.15) is 0 Å². The molecule has 1 aliphatic heterocycles. The van der Waals surface area contributed by atoms with Crippen molar-refractivity contribution in [2.75, 3.05) is 20.1 Å². The van der Waals surface area contributed by atoms with Crippen molar-refractivity contribution in [3.05, 3.63) is 71.8 Å². The smallest absolute Gasteiger partial charge is 0.328 e. The maximum atomic E-state index is 9.55. The highest BCUT2D eigenvalue weighted by atomic mass is 16.5. The summed E-state index contributed by atoms with van der Waals surface area (Å²) >= 11 is 0. The van der Waals surface area contributed by atoms with E-state index in [1.807, 2.05) is 0 Å². The van der Waals surface area contributed by atoms with E-state index in [-0.39, 0.29) is 0 Å². The van der Waals surface area contributed by atoms with E-state index in [2.05, 4.69) is 67.4 Å². The third kappa shape index (κ3) is 8.74. The van der Waals surface area contributed by atoms with Crippen LogP contribution in [0.25, 0.3) is 11.1 Å². The summed E-state index contributed by atoms with van der Waals surface area (Å²) in [5.41, 5.74) is 5.25. The minimum Gasteiger partial charge on any atom is -0.478 e. The van der Waals surface area contributed by atoms with Crippen LogP contribution >= 0.6 is 0 Å². The van der Waals surface area contributed by atoms with Crippen molar-refractivity contribution in [3.8, 4) is 11.1 Å². The number of ether oxygens (including phenoxy) is 1. The zero-order chi connectivity index (χ0) is 22.6. The Morgan fingerprint density at radius 1 is 1.00 bits per heavy atom. The summed E-state index contributed by atoms with van der Waals surface area (Å²) in [5.74, 6) is -2.51. The number of piperidine rings is 1. The average molecular weight is 426 g/mol. The molecule has 0 radical (unpaired) electrons. The van der Waals surface area contributed by atoms with Gasteiger partial charge in [0.15, 0.2) is 0 Å². The molecule has 0 spiro atoms. The maximum absolute atomic E-state index is 9.55. The molecule has 0 amide bonds. The number of rotatable bonds is 7. The van der Waals surface area contributed by atoms with E-state index in [1.54, 1.807) is 0 Å². The first-order valence-corrected chi connectivity index (χ1v) is 10.5. The number of aryl methyl sites for hydroxylation is 1. The molecule has 0 saturated carbocycles. The third-order valence-corrected chi connectivity index (χ3v) is 5.20. The lowest BCUT2D eigenvalue weighted by atomic mass is 9.98. The Bertz CT molecular complexity index is 852. The van der Waals surface area contributed by atoms with Gasteiger partial charge in [0.25, 0.3) is 0 Å². The Labute approximate surface area is 183 Å². The van der Waals surface area contributed by atoms with Gasteiger partial charge in [0.05, 0.1) is 12.7 Å². The number of carbonyl (C=O) groups is 2. The van der Waals surface area contributed by atoms with Crippen molar-refractivity contribution in [3.63, 3.8) is 0 Å². The standard InChI is InChI=1S/C21H27NO.C4H4O4/c1-3-17-8-10-18(11-9-17)21-7-5-4-6-19(21)16-23-20-12-14-22(2)15-13-20;5-3(6)1-2-4(7)8/h4-11,20H,3,12-16H2,1-2H3;1-2H,(H,5,6)(H,7,8). The Morgan fingerprint density at radius 3 is 2.13 bits per heavy atom. The van der Waals surface area contributed by atoms with E-state index in [1.165, 1.54) is 22.3 Å². The zero-order valence-electron chi connectivity index (χ0n) is 18.2. The van der Waals surface area contributed by atoms with E-state index < -0.39 is 11.9 Å². The van der Waals surface area contributed by atoms with Crippen molar-refractivity contribution in [1.29, 1.82) is 0 Å². The second kappa shape index (κ2) is 12.7. The molecule has 2 N–H and O–H groups in total. The molecule has 0 bridgehead atoms. The topological polar surface area (TPSA) is 87.1 Å². The minimum absolute atomic E-state index is 0.404. The van der Waals surface area contributed by atoms with E-state index in [9.17, 15) is 9.59 Å². The fourth-order valence-corrected chi connectivity index (χ4v) is 3.35. The molecule has 0 unspecified atom stereocenters. The number of carboxylic acid groups (broad SMARTS) is 2. The van der Waals surface area contributed by atoms with Gasteiger partial charge >= 0.3 is 11.9 Å². The lowest BCUT2D eigenvalue weighted by Crippen LogP contribution is -2.34. The molecule has 166 valence electrons. The summed E-state index contributed by atoms with van der Waals surface area (Å²) in [4.78, 5) is 21.5. The molecule has 1 fully saturated rings. The van der Waals surface area contributed by atoms with E-state index in [4.69, 9.17) is 14.9 Å². The van der Waals surface area contributed by atoms with Gasteiger partial charge in [-0.1, -0.05) is 55.5 Å². The Balaban J connectivity index is 0.000000366. The Kier molecular flexibility index (Phi) is 9.94. The van der Waals surface area contributed by atoms with Gasteiger partial charge in [0, 0.05) is 25.2 Å². The highest BCUT2D eigenvalue weighted by Crippen LogP contribution is 2.26. The van der Waals surface area contributed by atoms with E-state index >= 15 is 0 Å². The number of nitrogens with zero attached hydrogens (tertiary/aromatic N) is 1. The molecule has 6 heteroatoms. The Morgan fingerprint density at radius 2 is 1.58 bits per heavy atom. The first-order valence-electron chi connectivity index (χ1n) is 10.5. The highest BCUT2D eigenvalue weighted by molar-refractivity contribution is 5.89. The molecule has 0 aliphatic carbocycles. The van der Waals surface area contributed by atoms with Crippen LogP contribution in [0.4, 0.5) is 0 Å². The van der Waals surface area contributed by atoms with Crippen LogP contribution in [0, 0.1) is 0 Å². The molecule has 0 aromatic heterocycles. The van der Waals surface area contributed by atoms with Crippen molar-refractivity contribution in [2.45, 2.75) is 38.9 Å². The monoisotopic (exact) mass is 425 g/mol. The van der Waals surface area contributed by atoms with Gasteiger partial charge in [-0.2, -0.15) is 0 Å². The van der Waals surface area contributed by atoms with Crippen LogP contribution in [0.15, 0.2) is 60.7 Å². The number of carboxylic acids is 2. The van der Waals surface area contributed by atoms with E-state index in [0.717, 1.165) is 32.4 Å². The van der Waals surface area contributed by atoms with Crippen molar-refractivity contribution in [1.82, 2.24) is 4.90 Å². The van der Waals surface area contributed by atoms with Crippen molar-refractivity contribution >= 4 is 11.9 Å². The number of aliphatic carboxylic acids is 2. The molecule has 3 rings (SSSR count). The fourth-order valence-electron chi connectivity index (χ4n) is 3.35. The summed E-state index contributed by atoms with van der Waals surface area (Å²) < 4.78 is 6.20. The molecular weight excluding hydrogens is 394 g/mol.